The van der Waals surface area contributed by atoms with E-state index in [1.807, 2.05) is 6.92 Å². The molecule has 0 bridgehead atoms. The minimum Gasteiger partial charge on any atom is -0.385 e. The number of anilines is 2. The lowest BCUT2D eigenvalue weighted by Crippen LogP contribution is -2.27. The second-order valence-corrected chi connectivity index (χ2v) is 3.62. The largest absolute Gasteiger partial charge is 0.385 e. The molecule has 1 rings (SSSR count). The van der Waals surface area contributed by atoms with Gasteiger partial charge in [0.1, 0.15) is 24.1 Å². The zero-order valence-corrected chi connectivity index (χ0v) is 9.53. The van der Waals surface area contributed by atoms with Crippen LogP contribution in [0.3, 0.4) is 0 Å². The number of halogens is 2. The molecule has 1 aromatic rings. The molecular weight excluding hydrogens is 230 g/mol. The molecule has 0 saturated carbocycles. The van der Waals surface area contributed by atoms with Crippen LogP contribution >= 0.6 is 0 Å². The number of alkyl halides is 2. The van der Waals surface area contributed by atoms with Crippen molar-refractivity contribution in [1.29, 1.82) is 0 Å². The van der Waals surface area contributed by atoms with Crippen LogP contribution < -0.4 is 11.1 Å². The quantitative estimate of drug-likeness (QED) is 0.698. The molecule has 0 aliphatic carbocycles. The van der Waals surface area contributed by atoms with Gasteiger partial charge in [-0.3, -0.25) is 0 Å². The van der Waals surface area contributed by atoms with Crippen LogP contribution in [0.5, 0.6) is 0 Å². The van der Waals surface area contributed by atoms with Gasteiger partial charge in [0.25, 0.3) is 6.43 Å². The van der Waals surface area contributed by atoms with Crippen LogP contribution in [0, 0.1) is 0 Å². The van der Waals surface area contributed by atoms with Crippen molar-refractivity contribution in [2.45, 2.75) is 32.3 Å². The van der Waals surface area contributed by atoms with Crippen LogP contribution in [-0.4, -0.2) is 34.1 Å². The van der Waals surface area contributed by atoms with Gasteiger partial charge in [-0.1, -0.05) is 13.3 Å². The van der Waals surface area contributed by atoms with E-state index in [-0.39, 0.29) is 6.54 Å². The average molecular weight is 246 g/mol. The minimum atomic E-state index is -2.78. The summed E-state index contributed by atoms with van der Waals surface area (Å²) in [5, 5.41) is 11.6. The first-order chi connectivity index (χ1) is 8.06. The third-order valence-electron chi connectivity index (χ3n) is 2.25. The molecule has 1 unspecified atom stereocenters. The first-order valence-corrected chi connectivity index (χ1v) is 5.35. The molecule has 0 spiro atoms. The van der Waals surface area contributed by atoms with Crippen LogP contribution in [0.1, 0.15) is 18.9 Å². The predicted octanol–water partition coefficient (Wildman–Crippen LogP) is 1.05. The van der Waals surface area contributed by atoms with Crippen molar-refractivity contribution in [3.8, 4) is 0 Å². The fourth-order valence-electron chi connectivity index (χ4n) is 1.37. The molecule has 7 heteroatoms. The van der Waals surface area contributed by atoms with Crippen LogP contribution in [0.2, 0.25) is 0 Å². The number of hydrogen-bond acceptors (Lipinski definition) is 5. The summed E-state index contributed by atoms with van der Waals surface area (Å²) in [6.07, 6.45) is -1.76. The normalized spacial score (nSPS) is 12.8. The standard InChI is InChI=1S/C10H16F2N4O/c1-2-3-6-9(13)15-5-16-10(6)14-4-7(17)8(11)12/h5,7-8,17H,2-4H2,1H3,(H3,13,14,15,16). The Morgan fingerprint density at radius 3 is 2.76 bits per heavy atom. The van der Waals surface area contributed by atoms with Crippen LogP contribution in [-0.2, 0) is 6.42 Å². The maximum absolute atomic E-state index is 12.1. The number of aromatic nitrogens is 2. The minimum absolute atomic E-state index is 0.273. The van der Waals surface area contributed by atoms with Crippen LogP contribution in [0.15, 0.2) is 6.33 Å². The van der Waals surface area contributed by atoms with Crippen molar-refractivity contribution in [2.24, 2.45) is 0 Å². The lowest BCUT2D eigenvalue weighted by molar-refractivity contribution is 0.00380. The summed E-state index contributed by atoms with van der Waals surface area (Å²) in [5.74, 6) is 0.731. The van der Waals surface area contributed by atoms with Crippen molar-refractivity contribution in [2.75, 3.05) is 17.6 Å². The monoisotopic (exact) mass is 246 g/mol. The van der Waals surface area contributed by atoms with Crippen LogP contribution in [0.25, 0.3) is 0 Å². The van der Waals surface area contributed by atoms with E-state index >= 15 is 0 Å². The van der Waals surface area contributed by atoms with E-state index in [0.29, 0.717) is 23.6 Å². The second-order valence-electron chi connectivity index (χ2n) is 3.62. The molecule has 1 aromatic heterocycles. The van der Waals surface area contributed by atoms with Crippen molar-refractivity contribution in [3.63, 3.8) is 0 Å². The van der Waals surface area contributed by atoms with Gasteiger partial charge in [0, 0.05) is 12.1 Å². The molecule has 0 aliphatic rings. The summed E-state index contributed by atoms with van der Waals surface area (Å²) >= 11 is 0. The Labute approximate surface area is 98.1 Å². The molecule has 0 amide bonds. The molecule has 0 fully saturated rings. The number of aliphatic hydroxyl groups is 1. The summed E-state index contributed by atoms with van der Waals surface area (Å²) in [4.78, 5) is 7.77. The van der Waals surface area contributed by atoms with Crippen molar-refractivity contribution >= 4 is 11.6 Å². The Hall–Kier alpha value is -1.50. The second kappa shape index (κ2) is 6.29. The molecular formula is C10H16F2N4O. The number of rotatable bonds is 6. The lowest BCUT2D eigenvalue weighted by atomic mass is 10.1. The van der Waals surface area contributed by atoms with E-state index in [9.17, 15) is 8.78 Å². The van der Waals surface area contributed by atoms with E-state index in [1.54, 1.807) is 0 Å². The van der Waals surface area contributed by atoms with Crippen molar-refractivity contribution < 1.29 is 13.9 Å². The fourth-order valence-corrected chi connectivity index (χ4v) is 1.37. The van der Waals surface area contributed by atoms with Gasteiger partial charge in [0.05, 0.1) is 0 Å². The van der Waals surface area contributed by atoms with Gasteiger partial charge < -0.3 is 16.2 Å². The van der Waals surface area contributed by atoms with E-state index in [0.717, 1.165) is 6.42 Å². The number of nitrogens with zero attached hydrogens (tertiary/aromatic N) is 2. The Balaban J connectivity index is 2.73. The highest BCUT2D eigenvalue weighted by molar-refractivity contribution is 5.55. The summed E-state index contributed by atoms with van der Waals surface area (Å²) in [7, 11) is 0. The lowest BCUT2D eigenvalue weighted by Gasteiger charge is -2.14. The Morgan fingerprint density at radius 2 is 2.18 bits per heavy atom. The maximum Gasteiger partial charge on any atom is 0.265 e. The predicted molar refractivity (Wildman–Crippen MR) is 60.9 cm³/mol. The molecule has 0 radical (unpaired) electrons. The smallest absolute Gasteiger partial charge is 0.265 e. The van der Waals surface area contributed by atoms with Gasteiger partial charge in [0.2, 0.25) is 0 Å². The first-order valence-electron chi connectivity index (χ1n) is 5.35. The Morgan fingerprint density at radius 1 is 1.47 bits per heavy atom. The summed E-state index contributed by atoms with van der Waals surface area (Å²) < 4.78 is 24.2. The summed E-state index contributed by atoms with van der Waals surface area (Å²) in [5.41, 5.74) is 6.36. The molecule has 17 heavy (non-hydrogen) atoms. The van der Waals surface area contributed by atoms with Gasteiger partial charge in [-0.25, -0.2) is 18.7 Å². The maximum atomic E-state index is 12.1. The van der Waals surface area contributed by atoms with E-state index in [4.69, 9.17) is 10.8 Å². The highest BCUT2D eigenvalue weighted by Crippen LogP contribution is 2.19. The fraction of sp³-hybridized carbons (Fsp3) is 0.600. The van der Waals surface area contributed by atoms with E-state index in [1.165, 1.54) is 6.33 Å². The molecule has 4 N–H and O–H groups in total. The third-order valence-corrected chi connectivity index (χ3v) is 2.25. The van der Waals surface area contributed by atoms with E-state index < -0.39 is 12.5 Å². The summed E-state index contributed by atoms with van der Waals surface area (Å²) in [6, 6.07) is 0. The third kappa shape index (κ3) is 3.77. The SMILES string of the molecule is CCCc1c(N)ncnc1NCC(O)C(F)F. The number of nitrogens with two attached hydrogens (primary N) is 1. The average Bonchev–Trinajstić information content (AvgIpc) is 2.29. The van der Waals surface area contributed by atoms with Gasteiger partial charge >= 0.3 is 0 Å². The van der Waals surface area contributed by atoms with Crippen molar-refractivity contribution in [1.82, 2.24) is 9.97 Å². The Bertz CT molecular complexity index is 362. The molecule has 0 aromatic carbocycles. The zero-order valence-electron chi connectivity index (χ0n) is 9.53. The van der Waals surface area contributed by atoms with Crippen LogP contribution in [0.4, 0.5) is 20.4 Å². The number of nitrogen functional groups attached to an aromatic ring is 1. The van der Waals surface area contributed by atoms with E-state index in [2.05, 4.69) is 15.3 Å². The number of aliphatic hydroxyl groups excluding tert-OH is 1. The molecule has 0 saturated heterocycles. The molecule has 1 atom stereocenters. The van der Waals surface area contributed by atoms with Gasteiger partial charge in [-0.15, -0.1) is 0 Å². The molecule has 5 nitrogen and oxygen atoms in total. The number of nitrogens with one attached hydrogen (secondary N) is 1. The van der Waals surface area contributed by atoms with Gasteiger partial charge in [-0.2, -0.15) is 0 Å². The number of hydrogen-bond donors (Lipinski definition) is 3. The highest BCUT2D eigenvalue weighted by Gasteiger charge is 2.17. The topological polar surface area (TPSA) is 84.1 Å². The molecule has 1 heterocycles. The molecule has 0 aliphatic heterocycles. The highest BCUT2D eigenvalue weighted by atomic mass is 19.3. The summed E-state index contributed by atoms with van der Waals surface area (Å²) in [6.45, 7) is 1.69. The molecule has 96 valence electrons. The zero-order chi connectivity index (χ0) is 12.8. The Kier molecular flexibility index (Phi) is 5.02. The van der Waals surface area contributed by atoms with Crippen molar-refractivity contribution in [3.05, 3.63) is 11.9 Å². The van der Waals surface area contributed by atoms with Gasteiger partial charge in [0.15, 0.2) is 0 Å². The van der Waals surface area contributed by atoms with Gasteiger partial charge in [-0.05, 0) is 6.42 Å². The first kappa shape index (κ1) is 13.6.